The van der Waals surface area contributed by atoms with Gasteiger partial charge in [0.1, 0.15) is 0 Å². The SMILES string of the molecule is C=C(C)C(=O)OC(OCCC(F)(F)C(F)(F)S(=O)(=O)[O-])(C(=O)OC)C(F)(F)F. The van der Waals surface area contributed by atoms with Gasteiger partial charge in [0, 0.05) is 12.0 Å². The Kier molecular flexibility index (Phi) is 7.63. The van der Waals surface area contributed by atoms with Gasteiger partial charge in [0.05, 0.1) is 13.7 Å². The minimum Gasteiger partial charge on any atom is -0.743 e. The molecule has 0 N–H and O–H groups in total. The Bertz CT molecular complexity index is 731. The van der Waals surface area contributed by atoms with Crippen molar-refractivity contribution in [1.82, 2.24) is 0 Å². The number of hydrogen-bond acceptors (Lipinski definition) is 8. The highest BCUT2D eigenvalue weighted by molar-refractivity contribution is 7.86. The molecular weight excluding hydrogens is 437 g/mol. The standard InChI is InChI=1S/C12H13F7O8S/c1-6(2)7(20)27-10(8(21)25-3,11(15,16)17)26-5-4-9(13,14)12(18,19)28(22,23)24/h1,4-5H2,2-3H3,(H,22,23,24)/p-1. The molecule has 1 unspecified atom stereocenters. The van der Waals surface area contributed by atoms with Crippen LogP contribution < -0.4 is 0 Å². The molecule has 0 fully saturated rings. The maximum atomic E-state index is 13.3. The number of rotatable bonds is 9. The summed E-state index contributed by atoms with van der Waals surface area (Å²) in [5.41, 5.74) is -0.699. The van der Waals surface area contributed by atoms with Crippen LogP contribution >= 0.6 is 0 Å². The number of carbonyl (C=O) groups is 2. The summed E-state index contributed by atoms with van der Waals surface area (Å²) in [5, 5.41) is -6.20. The average Bonchev–Trinajstić information content (AvgIpc) is 2.50. The van der Waals surface area contributed by atoms with Crippen molar-refractivity contribution < 1.29 is 67.5 Å². The minimum atomic E-state index is -6.91. The van der Waals surface area contributed by atoms with E-state index in [9.17, 15) is 53.3 Å². The second-order valence-electron chi connectivity index (χ2n) is 5.05. The fourth-order valence-corrected chi connectivity index (χ4v) is 1.86. The van der Waals surface area contributed by atoms with Crippen LogP contribution in [0.4, 0.5) is 30.7 Å². The molecule has 0 amide bonds. The first kappa shape index (κ1) is 26.1. The molecule has 0 radical (unpaired) electrons. The van der Waals surface area contributed by atoms with Crippen molar-refractivity contribution in [3.63, 3.8) is 0 Å². The number of esters is 2. The smallest absolute Gasteiger partial charge is 0.468 e. The molecule has 0 bridgehead atoms. The third-order valence-electron chi connectivity index (χ3n) is 2.87. The van der Waals surface area contributed by atoms with Crippen LogP contribution in [0.25, 0.3) is 0 Å². The lowest BCUT2D eigenvalue weighted by Crippen LogP contribution is -2.58. The Morgan fingerprint density at radius 3 is 1.86 bits per heavy atom. The average molecular weight is 449 g/mol. The molecule has 0 aliphatic carbocycles. The maximum absolute atomic E-state index is 13.3. The van der Waals surface area contributed by atoms with Gasteiger partial charge in [-0.05, 0) is 6.92 Å². The monoisotopic (exact) mass is 449 g/mol. The Morgan fingerprint density at radius 2 is 1.54 bits per heavy atom. The first-order valence-corrected chi connectivity index (χ1v) is 8.06. The molecule has 0 aliphatic heterocycles. The van der Waals surface area contributed by atoms with E-state index in [4.69, 9.17) is 0 Å². The molecule has 0 aliphatic rings. The van der Waals surface area contributed by atoms with E-state index in [-0.39, 0.29) is 0 Å². The Morgan fingerprint density at radius 1 is 1.07 bits per heavy atom. The van der Waals surface area contributed by atoms with Crippen molar-refractivity contribution in [2.75, 3.05) is 13.7 Å². The summed E-state index contributed by atoms with van der Waals surface area (Å²) < 4.78 is 134. The highest BCUT2D eigenvalue weighted by atomic mass is 32.2. The number of halogens is 7. The lowest BCUT2D eigenvalue weighted by molar-refractivity contribution is -0.356. The zero-order valence-corrected chi connectivity index (χ0v) is 14.8. The number of carbonyl (C=O) groups excluding carboxylic acids is 2. The van der Waals surface area contributed by atoms with E-state index in [0.29, 0.717) is 7.11 Å². The van der Waals surface area contributed by atoms with E-state index >= 15 is 0 Å². The van der Waals surface area contributed by atoms with Crippen molar-refractivity contribution in [3.8, 4) is 0 Å². The second-order valence-corrected chi connectivity index (χ2v) is 6.47. The zero-order valence-electron chi connectivity index (χ0n) is 13.9. The van der Waals surface area contributed by atoms with Crippen LogP contribution in [0, 0.1) is 0 Å². The molecule has 0 spiro atoms. The molecule has 0 aromatic heterocycles. The molecule has 28 heavy (non-hydrogen) atoms. The molecule has 0 rings (SSSR count). The van der Waals surface area contributed by atoms with Gasteiger partial charge < -0.3 is 18.8 Å². The lowest BCUT2D eigenvalue weighted by atomic mass is 10.2. The molecule has 16 heteroatoms. The van der Waals surface area contributed by atoms with Gasteiger partial charge in [0.15, 0.2) is 10.1 Å². The fourth-order valence-electron chi connectivity index (χ4n) is 1.39. The summed E-state index contributed by atoms with van der Waals surface area (Å²) in [4.78, 5) is 22.9. The van der Waals surface area contributed by atoms with Crippen LogP contribution in [0.3, 0.4) is 0 Å². The van der Waals surface area contributed by atoms with Crippen molar-refractivity contribution in [2.45, 2.75) is 36.5 Å². The number of methoxy groups -OCH3 is 1. The predicted octanol–water partition coefficient (Wildman–Crippen LogP) is 1.72. The summed E-state index contributed by atoms with van der Waals surface area (Å²) in [5.74, 6) is -14.7. The van der Waals surface area contributed by atoms with E-state index < -0.39 is 63.8 Å². The van der Waals surface area contributed by atoms with Crippen molar-refractivity contribution in [2.24, 2.45) is 0 Å². The first-order valence-electron chi connectivity index (χ1n) is 6.66. The fraction of sp³-hybridized carbons (Fsp3) is 0.667. The molecular formula is C12H12F7O8S-. The molecule has 1 atom stereocenters. The topological polar surface area (TPSA) is 119 Å². The summed E-state index contributed by atoms with van der Waals surface area (Å²) >= 11 is 0. The van der Waals surface area contributed by atoms with Crippen molar-refractivity contribution in [1.29, 1.82) is 0 Å². The van der Waals surface area contributed by atoms with Crippen LogP contribution in [0.15, 0.2) is 12.2 Å². The summed E-state index contributed by atoms with van der Waals surface area (Å²) in [7, 11) is -6.54. The summed E-state index contributed by atoms with van der Waals surface area (Å²) in [6, 6.07) is 0. The van der Waals surface area contributed by atoms with E-state index in [2.05, 4.69) is 20.8 Å². The van der Waals surface area contributed by atoms with Crippen LogP contribution in [0.1, 0.15) is 13.3 Å². The summed E-state index contributed by atoms with van der Waals surface area (Å²) in [6.45, 7) is 1.64. The van der Waals surface area contributed by atoms with Crippen molar-refractivity contribution >= 4 is 22.1 Å². The maximum Gasteiger partial charge on any atom is 0.468 e. The molecule has 0 saturated heterocycles. The predicted molar refractivity (Wildman–Crippen MR) is 71.9 cm³/mol. The van der Waals surface area contributed by atoms with Gasteiger partial charge in [-0.2, -0.15) is 30.7 Å². The van der Waals surface area contributed by atoms with Gasteiger partial charge in [0.2, 0.25) is 0 Å². The van der Waals surface area contributed by atoms with E-state index in [1.165, 1.54) is 0 Å². The third-order valence-corrected chi connectivity index (χ3v) is 3.80. The van der Waals surface area contributed by atoms with Gasteiger partial charge in [0.25, 0.3) is 0 Å². The van der Waals surface area contributed by atoms with Gasteiger partial charge in [-0.1, -0.05) is 6.58 Å². The van der Waals surface area contributed by atoms with E-state index in [1.54, 1.807) is 0 Å². The normalized spacial score (nSPS) is 15.5. The quantitative estimate of drug-likeness (QED) is 0.172. The van der Waals surface area contributed by atoms with Crippen LogP contribution in [-0.2, 0) is 33.9 Å². The minimum absolute atomic E-state index is 0.369. The van der Waals surface area contributed by atoms with E-state index in [1.807, 2.05) is 0 Å². The molecule has 0 aromatic rings. The largest absolute Gasteiger partial charge is 0.743 e. The highest BCUT2D eigenvalue weighted by Gasteiger charge is 2.68. The number of alkyl halides is 7. The molecule has 164 valence electrons. The number of hydrogen-bond donors (Lipinski definition) is 0. The Balaban J connectivity index is 5.85. The van der Waals surface area contributed by atoms with Gasteiger partial charge >= 0.3 is 35.1 Å². The van der Waals surface area contributed by atoms with Crippen LogP contribution in [-0.4, -0.2) is 61.8 Å². The van der Waals surface area contributed by atoms with Crippen molar-refractivity contribution in [3.05, 3.63) is 12.2 Å². The lowest BCUT2D eigenvalue weighted by Gasteiger charge is -2.33. The zero-order chi connectivity index (χ0) is 22.8. The van der Waals surface area contributed by atoms with Crippen LogP contribution in [0.5, 0.6) is 0 Å². The molecule has 0 aromatic carbocycles. The van der Waals surface area contributed by atoms with Gasteiger partial charge in [-0.3, -0.25) is 0 Å². The molecule has 0 heterocycles. The molecule has 0 saturated carbocycles. The van der Waals surface area contributed by atoms with E-state index in [0.717, 1.165) is 6.92 Å². The summed E-state index contributed by atoms with van der Waals surface area (Å²) in [6.07, 6.45) is -8.44. The number of ether oxygens (including phenoxy) is 3. The highest BCUT2D eigenvalue weighted by Crippen LogP contribution is 2.42. The Hall–Kier alpha value is -1.94. The van der Waals surface area contributed by atoms with Crippen LogP contribution in [0.2, 0.25) is 0 Å². The third kappa shape index (κ3) is 5.11. The Labute approximate surface area is 153 Å². The molecule has 8 nitrogen and oxygen atoms in total. The first-order chi connectivity index (χ1) is 12.3. The van der Waals surface area contributed by atoms with Gasteiger partial charge in [-0.15, -0.1) is 0 Å². The van der Waals surface area contributed by atoms with Gasteiger partial charge in [-0.25, -0.2) is 18.0 Å². The second kappa shape index (κ2) is 8.20.